The Labute approximate surface area is 140 Å². The van der Waals surface area contributed by atoms with Crippen LogP contribution < -0.4 is 0 Å². The average Bonchev–Trinajstić information content (AvgIpc) is 3.32. The van der Waals surface area contributed by atoms with E-state index in [1.165, 1.54) is 0 Å². The van der Waals surface area contributed by atoms with Gasteiger partial charge in [0.2, 0.25) is 0 Å². The lowest BCUT2D eigenvalue weighted by atomic mass is 10.3. The molecule has 0 saturated carbocycles. The standard InChI is InChI=1S/C18H21N5O/c1-13(2)22-11-14(19-12-22)17-20-16(15-7-3-4-10-23(15)17)18(24)21-8-5-6-9-21/h3-4,7,10-13H,5-6,8-9H2,1-2H3. The molecule has 1 aliphatic heterocycles. The van der Waals surface area contributed by atoms with Crippen molar-refractivity contribution in [1.82, 2.24) is 23.8 Å². The van der Waals surface area contributed by atoms with Crippen LogP contribution in [0.4, 0.5) is 0 Å². The van der Waals surface area contributed by atoms with Gasteiger partial charge in [-0.2, -0.15) is 0 Å². The lowest BCUT2D eigenvalue weighted by Gasteiger charge is -2.13. The first kappa shape index (κ1) is 14.9. The van der Waals surface area contributed by atoms with Crippen molar-refractivity contribution < 1.29 is 4.79 Å². The number of hydrogen-bond acceptors (Lipinski definition) is 3. The molecule has 6 nitrogen and oxygen atoms in total. The van der Waals surface area contributed by atoms with Gasteiger partial charge in [-0.3, -0.25) is 9.20 Å². The molecule has 1 aliphatic rings. The number of hydrogen-bond donors (Lipinski definition) is 0. The molecule has 0 bridgehead atoms. The van der Waals surface area contributed by atoms with Crippen molar-refractivity contribution >= 4 is 11.4 Å². The van der Waals surface area contributed by atoms with Crippen LogP contribution in [-0.2, 0) is 0 Å². The number of imidazole rings is 2. The van der Waals surface area contributed by atoms with Crippen LogP contribution >= 0.6 is 0 Å². The van der Waals surface area contributed by atoms with Gasteiger partial charge >= 0.3 is 0 Å². The van der Waals surface area contributed by atoms with E-state index >= 15 is 0 Å². The molecule has 6 heteroatoms. The Morgan fingerprint density at radius 1 is 1.21 bits per heavy atom. The summed E-state index contributed by atoms with van der Waals surface area (Å²) in [6.07, 6.45) is 7.88. The number of rotatable bonds is 3. The minimum atomic E-state index is 0.0192. The normalized spacial score (nSPS) is 14.9. The molecule has 1 amide bonds. The van der Waals surface area contributed by atoms with E-state index in [1.54, 1.807) is 0 Å². The van der Waals surface area contributed by atoms with Gasteiger partial charge in [-0.05, 0) is 38.8 Å². The second-order valence-corrected chi connectivity index (χ2v) is 6.54. The van der Waals surface area contributed by atoms with Crippen LogP contribution in [0.15, 0.2) is 36.9 Å². The Morgan fingerprint density at radius 3 is 2.71 bits per heavy atom. The fourth-order valence-corrected chi connectivity index (χ4v) is 3.18. The molecule has 3 aromatic heterocycles. The monoisotopic (exact) mass is 323 g/mol. The van der Waals surface area contributed by atoms with E-state index in [4.69, 9.17) is 0 Å². The number of aromatic nitrogens is 4. The number of likely N-dealkylation sites (tertiary alicyclic amines) is 1. The van der Waals surface area contributed by atoms with Crippen molar-refractivity contribution in [1.29, 1.82) is 0 Å². The van der Waals surface area contributed by atoms with Crippen LogP contribution in [0.1, 0.15) is 43.2 Å². The SMILES string of the molecule is CC(C)n1cnc(-c2nc(C(=O)N3CCCC3)c3ccccn23)c1. The smallest absolute Gasteiger partial charge is 0.274 e. The van der Waals surface area contributed by atoms with E-state index in [-0.39, 0.29) is 5.91 Å². The van der Waals surface area contributed by atoms with Crippen LogP contribution in [0, 0.1) is 0 Å². The number of amides is 1. The van der Waals surface area contributed by atoms with Gasteiger partial charge in [-0.25, -0.2) is 9.97 Å². The highest BCUT2D eigenvalue weighted by Crippen LogP contribution is 2.24. The summed E-state index contributed by atoms with van der Waals surface area (Å²) in [4.78, 5) is 23.9. The maximum Gasteiger partial charge on any atom is 0.274 e. The largest absolute Gasteiger partial charge is 0.337 e. The summed E-state index contributed by atoms with van der Waals surface area (Å²) < 4.78 is 4.00. The fourth-order valence-electron chi connectivity index (χ4n) is 3.18. The van der Waals surface area contributed by atoms with Crippen molar-refractivity contribution in [3.63, 3.8) is 0 Å². The minimum Gasteiger partial charge on any atom is -0.337 e. The quantitative estimate of drug-likeness (QED) is 0.744. The Hall–Kier alpha value is -2.63. The highest BCUT2D eigenvalue weighted by molar-refractivity contribution is 6.00. The molecule has 24 heavy (non-hydrogen) atoms. The molecule has 4 heterocycles. The first-order valence-corrected chi connectivity index (χ1v) is 8.45. The Kier molecular flexibility index (Phi) is 3.59. The summed E-state index contributed by atoms with van der Waals surface area (Å²) in [7, 11) is 0. The summed E-state index contributed by atoms with van der Waals surface area (Å²) in [6.45, 7) is 5.86. The lowest BCUT2D eigenvalue weighted by Crippen LogP contribution is -2.28. The topological polar surface area (TPSA) is 55.4 Å². The summed E-state index contributed by atoms with van der Waals surface area (Å²) in [6, 6.07) is 6.16. The molecule has 1 saturated heterocycles. The molecule has 1 fully saturated rings. The van der Waals surface area contributed by atoms with Crippen molar-refractivity contribution in [2.24, 2.45) is 0 Å². The van der Waals surface area contributed by atoms with Crippen LogP contribution in [0.25, 0.3) is 17.0 Å². The molecule has 0 unspecified atom stereocenters. The van der Waals surface area contributed by atoms with Crippen LogP contribution in [0.3, 0.4) is 0 Å². The average molecular weight is 323 g/mol. The predicted molar refractivity (Wildman–Crippen MR) is 91.9 cm³/mol. The van der Waals surface area contributed by atoms with E-state index in [1.807, 2.05) is 50.8 Å². The van der Waals surface area contributed by atoms with Gasteiger partial charge in [0.1, 0.15) is 5.69 Å². The van der Waals surface area contributed by atoms with Crippen molar-refractivity contribution in [3.05, 3.63) is 42.6 Å². The van der Waals surface area contributed by atoms with Crippen LogP contribution in [0.5, 0.6) is 0 Å². The number of nitrogens with zero attached hydrogens (tertiary/aromatic N) is 5. The van der Waals surface area contributed by atoms with Crippen LogP contribution in [-0.4, -0.2) is 42.8 Å². The lowest BCUT2D eigenvalue weighted by molar-refractivity contribution is 0.0789. The number of carbonyl (C=O) groups is 1. The summed E-state index contributed by atoms with van der Waals surface area (Å²) in [5.41, 5.74) is 2.14. The summed E-state index contributed by atoms with van der Waals surface area (Å²) >= 11 is 0. The second-order valence-electron chi connectivity index (χ2n) is 6.54. The zero-order valence-corrected chi connectivity index (χ0v) is 14.0. The van der Waals surface area contributed by atoms with Gasteiger partial charge in [-0.15, -0.1) is 0 Å². The third kappa shape index (κ3) is 2.38. The Balaban J connectivity index is 1.82. The minimum absolute atomic E-state index is 0.0192. The molecule has 0 radical (unpaired) electrons. The summed E-state index contributed by atoms with van der Waals surface area (Å²) in [5, 5.41) is 0. The van der Waals surface area contributed by atoms with Crippen molar-refractivity contribution in [3.8, 4) is 11.5 Å². The molecule has 0 atom stereocenters. The van der Waals surface area contributed by atoms with Gasteiger partial charge in [0.25, 0.3) is 5.91 Å². The molecule has 0 spiro atoms. The highest BCUT2D eigenvalue weighted by atomic mass is 16.2. The molecular weight excluding hydrogens is 302 g/mol. The van der Waals surface area contributed by atoms with E-state index < -0.39 is 0 Å². The van der Waals surface area contributed by atoms with E-state index in [2.05, 4.69) is 23.8 Å². The van der Waals surface area contributed by atoms with Gasteiger partial charge in [-0.1, -0.05) is 6.07 Å². The third-order valence-electron chi connectivity index (χ3n) is 4.57. The van der Waals surface area contributed by atoms with Gasteiger partial charge < -0.3 is 9.47 Å². The van der Waals surface area contributed by atoms with Crippen molar-refractivity contribution in [2.75, 3.05) is 13.1 Å². The van der Waals surface area contributed by atoms with E-state index in [9.17, 15) is 4.79 Å². The molecule has 4 rings (SSSR count). The zero-order chi connectivity index (χ0) is 16.7. The molecule has 0 aliphatic carbocycles. The Morgan fingerprint density at radius 2 is 2.00 bits per heavy atom. The van der Waals surface area contributed by atoms with Gasteiger partial charge in [0.15, 0.2) is 11.5 Å². The van der Waals surface area contributed by atoms with Crippen molar-refractivity contribution in [2.45, 2.75) is 32.7 Å². The van der Waals surface area contributed by atoms with Crippen LogP contribution in [0.2, 0.25) is 0 Å². The molecule has 3 aromatic rings. The summed E-state index contributed by atoms with van der Waals surface area (Å²) in [5.74, 6) is 0.735. The second kappa shape index (κ2) is 5.78. The fraction of sp³-hybridized carbons (Fsp3) is 0.389. The third-order valence-corrected chi connectivity index (χ3v) is 4.57. The predicted octanol–water partition coefficient (Wildman–Crippen LogP) is 3.01. The first-order chi connectivity index (χ1) is 11.6. The molecule has 124 valence electrons. The highest BCUT2D eigenvalue weighted by Gasteiger charge is 2.25. The maximum absolute atomic E-state index is 12.8. The van der Waals surface area contributed by atoms with Gasteiger partial charge in [0.05, 0.1) is 11.8 Å². The first-order valence-electron chi connectivity index (χ1n) is 8.45. The molecular formula is C18H21N5O. The number of fused-ring (bicyclic) bond motifs is 1. The van der Waals surface area contributed by atoms with E-state index in [0.717, 1.165) is 37.1 Å². The Bertz CT molecular complexity index is 886. The van der Waals surface area contributed by atoms with Gasteiger partial charge in [0, 0.05) is 31.5 Å². The number of carbonyl (C=O) groups excluding carboxylic acids is 1. The molecule has 0 N–H and O–H groups in total. The molecule has 0 aromatic carbocycles. The zero-order valence-electron chi connectivity index (χ0n) is 14.0. The van der Waals surface area contributed by atoms with E-state index in [0.29, 0.717) is 17.6 Å². The maximum atomic E-state index is 12.8. The number of pyridine rings is 1.